The van der Waals surface area contributed by atoms with Crippen LogP contribution in [0, 0.1) is 18.7 Å². The lowest BCUT2D eigenvalue weighted by atomic mass is 9.97. The van der Waals surface area contributed by atoms with E-state index in [0.29, 0.717) is 24.2 Å². The van der Waals surface area contributed by atoms with Crippen LogP contribution in [-0.2, 0) is 4.79 Å². The Bertz CT molecular complexity index is 545. The third-order valence-electron chi connectivity index (χ3n) is 3.79. The molecule has 1 aromatic rings. The highest BCUT2D eigenvalue weighted by atomic mass is 19.4. The lowest BCUT2D eigenvalue weighted by molar-refractivity contribution is -0.186. The number of amides is 1. The van der Waals surface area contributed by atoms with Crippen molar-refractivity contribution in [1.82, 2.24) is 4.90 Å². The smallest absolute Gasteiger partial charge is 0.325 e. The minimum atomic E-state index is -4.23. The lowest BCUT2D eigenvalue weighted by Gasteiger charge is -2.33. The van der Waals surface area contributed by atoms with Gasteiger partial charge in [0.25, 0.3) is 0 Å². The third kappa shape index (κ3) is 4.43. The molecule has 1 aliphatic heterocycles. The number of halogens is 4. The van der Waals surface area contributed by atoms with Gasteiger partial charge in [-0.2, -0.15) is 13.2 Å². The molecule has 0 spiro atoms. The first-order chi connectivity index (χ1) is 10.3. The van der Waals surface area contributed by atoms with Crippen molar-refractivity contribution < 1.29 is 22.4 Å². The number of alkyl halides is 3. The topological polar surface area (TPSA) is 32.3 Å². The van der Waals surface area contributed by atoms with E-state index in [2.05, 4.69) is 5.32 Å². The van der Waals surface area contributed by atoms with Crippen LogP contribution in [0.3, 0.4) is 0 Å². The van der Waals surface area contributed by atoms with Crippen LogP contribution in [0.2, 0.25) is 0 Å². The van der Waals surface area contributed by atoms with Gasteiger partial charge in [0.1, 0.15) is 5.82 Å². The zero-order valence-electron chi connectivity index (χ0n) is 12.2. The highest BCUT2D eigenvalue weighted by Crippen LogP contribution is 2.32. The molecule has 7 heteroatoms. The summed E-state index contributed by atoms with van der Waals surface area (Å²) in [4.78, 5) is 13.4. The molecule has 3 nitrogen and oxygen atoms in total. The molecule has 0 aliphatic carbocycles. The van der Waals surface area contributed by atoms with Crippen LogP contribution in [0.4, 0.5) is 23.2 Å². The number of benzene rings is 1. The van der Waals surface area contributed by atoms with Crippen LogP contribution in [0.15, 0.2) is 18.2 Å². The summed E-state index contributed by atoms with van der Waals surface area (Å²) in [6.45, 7) is 1.77. The maximum absolute atomic E-state index is 13.4. The molecule has 1 saturated heterocycles. The van der Waals surface area contributed by atoms with Crippen LogP contribution in [0.5, 0.6) is 0 Å². The van der Waals surface area contributed by atoms with Crippen molar-refractivity contribution in [1.29, 1.82) is 0 Å². The van der Waals surface area contributed by atoms with Gasteiger partial charge in [-0.15, -0.1) is 0 Å². The highest BCUT2D eigenvalue weighted by Gasteiger charge is 2.41. The zero-order valence-corrected chi connectivity index (χ0v) is 12.2. The van der Waals surface area contributed by atoms with E-state index in [1.807, 2.05) is 0 Å². The van der Waals surface area contributed by atoms with E-state index in [1.165, 1.54) is 17.0 Å². The SMILES string of the molecule is Cc1ccc(NC(=O)CN2CCCC(C(F)(F)F)C2)cc1F. The summed E-state index contributed by atoms with van der Waals surface area (Å²) in [6.07, 6.45) is -3.71. The molecule has 122 valence electrons. The van der Waals surface area contributed by atoms with Gasteiger partial charge in [0.2, 0.25) is 5.91 Å². The first kappa shape index (κ1) is 16.7. The predicted octanol–water partition coefficient (Wildman–Crippen LogP) is 3.35. The molecule has 0 saturated carbocycles. The molecule has 0 radical (unpaired) electrons. The van der Waals surface area contributed by atoms with Gasteiger partial charge in [-0.3, -0.25) is 9.69 Å². The number of carbonyl (C=O) groups is 1. The average molecular weight is 318 g/mol. The Morgan fingerprint density at radius 3 is 2.77 bits per heavy atom. The standard InChI is InChI=1S/C15H18F4N2O/c1-10-4-5-12(7-13(10)16)20-14(22)9-21-6-2-3-11(8-21)15(17,18)19/h4-5,7,11H,2-3,6,8-9H2,1H3,(H,20,22). The van der Waals surface area contributed by atoms with Gasteiger partial charge in [-0.05, 0) is 44.0 Å². The molecule has 1 atom stereocenters. The number of hydrogen-bond donors (Lipinski definition) is 1. The van der Waals surface area contributed by atoms with E-state index in [0.717, 1.165) is 0 Å². The molecular weight excluding hydrogens is 300 g/mol. The molecule has 1 unspecified atom stereocenters. The fraction of sp³-hybridized carbons (Fsp3) is 0.533. The van der Waals surface area contributed by atoms with Gasteiger partial charge in [0.05, 0.1) is 12.5 Å². The molecular formula is C15H18F4N2O. The van der Waals surface area contributed by atoms with Gasteiger partial charge >= 0.3 is 6.18 Å². The Hall–Kier alpha value is -1.63. The van der Waals surface area contributed by atoms with E-state index in [9.17, 15) is 22.4 Å². The number of nitrogens with zero attached hydrogens (tertiary/aromatic N) is 1. The van der Waals surface area contributed by atoms with Crippen LogP contribution in [0.25, 0.3) is 0 Å². The number of piperidine rings is 1. The lowest BCUT2D eigenvalue weighted by Crippen LogP contribution is -2.44. The summed E-state index contributed by atoms with van der Waals surface area (Å²) in [5.74, 6) is -2.26. The minimum absolute atomic E-state index is 0.102. The van der Waals surface area contributed by atoms with Crippen LogP contribution in [0.1, 0.15) is 18.4 Å². The summed E-state index contributed by atoms with van der Waals surface area (Å²) >= 11 is 0. The van der Waals surface area contributed by atoms with E-state index < -0.39 is 23.8 Å². The molecule has 0 aromatic heterocycles. The van der Waals surface area contributed by atoms with E-state index in [4.69, 9.17) is 0 Å². The number of aryl methyl sites for hydroxylation is 1. The second-order valence-electron chi connectivity index (χ2n) is 5.63. The number of hydrogen-bond acceptors (Lipinski definition) is 2. The number of carbonyl (C=O) groups excluding carboxylic acids is 1. The molecule has 0 bridgehead atoms. The Morgan fingerprint density at radius 1 is 1.41 bits per heavy atom. The number of likely N-dealkylation sites (tertiary alicyclic amines) is 1. The van der Waals surface area contributed by atoms with Gasteiger partial charge < -0.3 is 5.32 Å². The Labute approximate surface area is 126 Å². The predicted molar refractivity (Wildman–Crippen MR) is 75.0 cm³/mol. The quantitative estimate of drug-likeness (QED) is 0.867. The van der Waals surface area contributed by atoms with E-state index >= 15 is 0 Å². The van der Waals surface area contributed by atoms with E-state index in [1.54, 1.807) is 13.0 Å². The highest BCUT2D eigenvalue weighted by molar-refractivity contribution is 5.92. The Balaban J connectivity index is 1.90. The molecule has 1 fully saturated rings. The Kier molecular flexibility index (Phi) is 5.05. The van der Waals surface area contributed by atoms with Crippen LogP contribution < -0.4 is 5.32 Å². The summed E-state index contributed by atoms with van der Waals surface area (Å²) in [5, 5.41) is 2.51. The first-order valence-corrected chi connectivity index (χ1v) is 7.11. The molecule has 22 heavy (non-hydrogen) atoms. The molecule has 2 rings (SSSR count). The Morgan fingerprint density at radius 2 is 2.14 bits per heavy atom. The van der Waals surface area contributed by atoms with Crippen molar-refractivity contribution in [2.75, 3.05) is 25.0 Å². The largest absolute Gasteiger partial charge is 0.393 e. The molecule has 1 amide bonds. The minimum Gasteiger partial charge on any atom is -0.325 e. The van der Waals surface area contributed by atoms with Gasteiger partial charge in [0, 0.05) is 12.2 Å². The van der Waals surface area contributed by atoms with Crippen molar-refractivity contribution in [3.8, 4) is 0 Å². The van der Waals surface area contributed by atoms with Gasteiger partial charge in [-0.25, -0.2) is 4.39 Å². The summed E-state index contributed by atoms with van der Waals surface area (Å²) in [6, 6.07) is 4.29. The van der Waals surface area contributed by atoms with Crippen molar-refractivity contribution in [3.05, 3.63) is 29.6 Å². The molecule has 1 N–H and O–H groups in total. The van der Waals surface area contributed by atoms with E-state index in [-0.39, 0.29) is 19.5 Å². The van der Waals surface area contributed by atoms with Crippen LogP contribution in [-0.4, -0.2) is 36.6 Å². The summed E-state index contributed by atoms with van der Waals surface area (Å²) < 4.78 is 51.5. The normalized spacial score (nSPS) is 20.0. The van der Waals surface area contributed by atoms with Gasteiger partial charge in [-0.1, -0.05) is 6.07 Å². The zero-order chi connectivity index (χ0) is 16.3. The fourth-order valence-corrected chi connectivity index (χ4v) is 2.54. The van der Waals surface area contributed by atoms with Crippen molar-refractivity contribution in [2.24, 2.45) is 5.92 Å². The second kappa shape index (κ2) is 6.64. The molecule has 1 heterocycles. The van der Waals surface area contributed by atoms with Crippen LogP contribution >= 0.6 is 0 Å². The molecule has 1 aromatic carbocycles. The maximum atomic E-state index is 13.4. The molecule has 1 aliphatic rings. The maximum Gasteiger partial charge on any atom is 0.393 e. The average Bonchev–Trinajstić information content (AvgIpc) is 2.42. The first-order valence-electron chi connectivity index (χ1n) is 7.11. The third-order valence-corrected chi connectivity index (χ3v) is 3.79. The second-order valence-corrected chi connectivity index (χ2v) is 5.63. The van der Waals surface area contributed by atoms with Gasteiger partial charge in [0.15, 0.2) is 0 Å². The number of nitrogens with one attached hydrogen (secondary N) is 1. The number of rotatable bonds is 3. The van der Waals surface area contributed by atoms with Crippen molar-refractivity contribution >= 4 is 11.6 Å². The summed E-state index contributed by atoms with van der Waals surface area (Å²) in [5.41, 5.74) is 0.763. The summed E-state index contributed by atoms with van der Waals surface area (Å²) in [7, 11) is 0. The van der Waals surface area contributed by atoms with Crippen molar-refractivity contribution in [3.63, 3.8) is 0 Å². The number of anilines is 1. The van der Waals surface area contributed by atoms with Crippen molar-refractivity contribution in [2.45, 2.75) is 25.9 Å². The fourth-order valence-electron chi connectivity index (χ4n) is 2.54. The monoisotopic (exact) mass is 318 g/mol.